The van der Waals surface area contributed by atoms with E-state index in [9.17, 15) is 22.0 Å². The quantitative estimate of drug-likeness (QED) is 0.817. The number of nitrogens with zero attached hydrogens (tertiary/aromatic N) is 1. The van der Waals surface area contributed by atoms with Crippen LogP contribution in [-0.4, -0.2) is 32.2 Å². The van der Waals surface area contributed by atoms with Gasteiger partial charge in [0.25, 0.3) is 0 Å². The minimum atomic E-state index is -3.60. The third-order valence-corrected chi connectivity index (χ3v) is 5.40. The summed E-state index contributed by atoms with van der Waals surface area (Å²) in [6.07, 6.45) is 0.339. The molecular formula is C17H18F2N2O3S. The average molecular weight is 368 g/mol. The van der Waals surface area contributed by atoms with Gasteiger partial charge in [-0.2, -0.15) is 0 Å². The summed E-state index contributed by atoms with van der Waals surface area (Å²) < 4.78 is 51.7. The minimum absolute atomic E-state index is 0.0493. The number of sulfonamides is 1. The first kappa shape index (κ1) is 19.0. The lowest BCUT2D eigenvalue weighted by atomic mass is 10.2. The monoisotopic (exact) mass is 368 g/mol. The van der Waals surface area contributed by atoms with E-state index in [4.69, 9.17) is 0 Å². The van der Waals surface area contributed by atoms with E-state index in [0.717, 1.165) is 12.1 Å². The van der Waals surface area contributed by atoms with Crippen molar-refractivity contribution in [2.75, 3.05) is 18.9 Å². The molecule has 0 aliphatic heterocycles. The first-order valence-electron chi connectivity index (χ1n) is 7.57. The van der Waals surface area contributed by atoms with Gasteiger partial charge in [0.05, 0.1) is 4.90 Å². The zero-order valence-corrected chi connectivity index (χ0v) is 14.4. The van der Waals surface area contributed by atoms with Crippen LogP contribution in [0.2, 0.25) is 0 Å². The lowest BCUT2D eigenvalue weighted by molar-refractivity contribution is -0.116. The molecule has 1 N–H and O–H groups in total. The van der Waals surface area contributed by atoms with Crippen LogP contribution in [0.1, 0.15) is 12.8 Å². The highest BCUT2D eigenvalue weighted by atomic mass is 32.2. The number of nitrogens with one attached hydrogen (secondary N) is 1. The molecule has 0 saturated carbocycles. The zero-order valence-electron chi connectivity index (χ0n) is 13.6. The Bertz CT molecular complexity index is 842. The molecule has 0 spiro atoms. The van der Waals surface area contributed by atoms with Crippen LogP contribution in [0.5, 0.6) is 0 Å². The van der Waals surface area contributed by atoms with Crippen molar-refractivity contribution in [1.82, 2.24) is 4.31 Å². The van der Waals surface area contributed by atoms with Gasteiger partial charge < -0.3 is 5.32 Å². The fourth-order valence-corrected chi connectivity index (χ4v) is 3.38. The lowest BCUT2D eigenvalue weighted by Crippen LogP contribution is -2.28. The Morgan fingerprint density at radius 3 is 2.40 bits per heavy atom. The number of carbonyl (C=O) groups excluding carboxylic acids is 1. The van der Waals surface area contributed by atoms with Gasteiger partial charge in [0.1, 0.15) is 0 Å². The van der Waals surface area contributed by atoms with E-state index in [1.165, 1.54) is 29.6 Å². The molecule has 2 aromatic carbocycles. The fraction of sp³-hybridized carbons (Fsp3) is 0.235. The molecule has 0 heterocycles. The van der Waals surface area contributed by atoms with Gasteiger partial charge in [-0.05, 0) is 30.7 Å². The van der Waals surface area contributed by atoms with Crippen LogP contribution in [0.15, 0.2) is 53.4 Å². The fourth-order valence-electron chi connectivity index (χ4n) is 2.15. The summed E-state index contributed by atoms with van der Waals surface area (Å²) in [5.74, 6) is -2.45. The number of carbonyl (C=O) groups is 1. The van der Waals surface area contributed by atoms with E-state index in [0.29, 0.717) is 0 Å². The molecule has 1 amide bonds. The largest absolute Gasteiger partial charge is 0.326 e. The Hall–Kier alpha value is -2.32. The maximum atomic E-state index is 13.1. The van der Waals surface area contributed by atoms with Crippen LogP contribution in [0.3, 0.4) is 0 Å². The zero-order chi connectivity index (χ0) is 18.4. The second kappa shape index (κ2) is 8.17. The van der Waals surface area contributed by atoms with Crippen molar-refractivity contribution >= 4 is 21.6 Å². The summed E-state index contributed by atoms with van der Waals surface area (Å²) in [4.78, 5) is 12.0. The van der Waals surface area contributed by atoms with Crippen LogP contribution < -0.4 is 5.32 Å². The molecule has 0 aliphatic carbocycles. The molecule has 2 aromatic rings. The van der Waals surface area contributed by atoms with Crippen molar-refractivity contribution in [2.24, 2.45) is 0 Å². The van der Waals surface area contributed by atoms with E-state index in [1.54, 1.807) is 18.2 Å². The van der Waals surface area contributed by atoms with Gasteiger partial charge in [-0.3, -0.25) is 4.79 Å². The van der Waals surface area contributed by atoms with Crippen molar-refractivity contribution in [3.63, 3.8) is 0 Å². The summed E-state index contributed by atoms with van der Waals surface area (Å²) >= 11 is 0. The lowest BCUT2D eigenvalue weighted by Gasteiger charge is -2.17. The van der Waals surface area contributed by atoms with E-state index in [2.05, 4.69) is 5.32 Å². The molecule has 5 nitrogen and oxygen atoms in total. The Morgan fingerprint density at radius 1 is 1.08 bits per heavy atom. The van der Waals surface area contributed by atoms with Crippen LogP contribution in [0, 0.1) is 11.6 Å². The second-order valence-corrected chi connectivity index (χ2v) is 7.47. The van der Waals surface area contributed by atoms with Gasteiger partial charge in [0, 0.05) is 31.8 Å². The maximum Gasteiger partial charge on any atom is 0.242 e. The average Bonchev–Trinajstić information content (AvgIpc) is 2.59. The Morgan fingerprint density at radius 2 is 1.76 bits per heavy atom. The predicted molar refractivity (Wildman–Crippen MR) is 90.5 cm³/mol. The number of amides is 1. The molecular weight excluding hydrogens is 350 g/mol. The van der Waals surface area contributed by atoms with Crippen molar-refractivity contribution in [2.45, 2.75) is 17.7 Å². The minimum Gasteiger partial charge on any atom is -0.326 e. The maximum absolute atomic E-state index is 13.1. The van der Waals surface area contributed by atoms with Gasteiger partial charge in [-0.15, -0.1) is 0 Å². The smallest absolute Gasteiger partial charge is 0.242 e. The standard InChI is InChI=1S/C17H18F2N2O3S/c1-21(25(23,24)14-6-3-2-4-7-14)11-5-8-17(22)20-13-9-10-15(18)16(19)12-13/h2-4,6-7,9-10,12H,5,8,11H2,1H3,(H,20,22). The van der Waals surface area contributed by atoms with Crippen LogP contribution in [0.4, 0.5) is 14.5 Å². The molecule has 0 aromatic heterocycles. The summed E-state index contributed by atoms with van der Waals surface area (Å²) in [7, 11) is -2.16. The number of rotatable bonds is 7. The third kappa shape index (κ3) is 5.07. The van der Waals surface area contributed by atoms with Gasteiger partial charge in [0.15, 0.2) is 11.6 Å². The highest BCUT2D eigenvalue weighted by Gasteiger charge is 2.20. The summed E-state index contributed by atoms with van der Waals surface area (Å²) in [5.41, 5.74) is 0.147. The highest BCUT2D eigenvalue weighted by molar-refractivity contribution is 7.89. The number of halogens is 2. The van der Waals surface area contributed by atoms with Crippen LogP contribution >= 0.6 is 0 Å². The van der Waals surface area contributed by atoms with Crippen molar-refractivity contribution in [1.29, 1.82) is 0 Å². The molecule has 0 saturated heterocycles. The van der Waals surface area contributed by atoms with E-state index < -0.39 is 27.6 Å². The molecule has 0 atom stereocenters. The molecule has 134 valence electrons. The SMILES string of the molecule is CN(CCCC(=O)Nc1ccc(F)c(F)c1)S(=O)(=O)c1ccccc1. The normalized spacial score (nSPS) is 11.5. The molecule has 8 heteroatoms. The molecule has 0 bridgehead atoms. The van der Waals surface area contributed by atoms with Crippen LogP contribution in [-0.2, 0) is 14.8 Å². The first-order chi connectivity index (χ1) is 11.8. The summed E-state index contributed by atoms with van der Waals surface area (Å²) in [6.45, 7) is 0.155. The highest BCUT2D eigenvalue weighted by Crippen LogP contribution is 2.15. The number of anilines is 1. The third-order valence-electron chi connectivity index (χ3n) is 3.53. The second-order valence-electron chi connectivity index (χ2n) is 5.42. The van der Waals surface area contributed by atoms with Gasteiger partial charge in [0.2, 0.25) is 15.9 Å². The Labute approximate surface area is 145 Å². The topological polar surface area (TPSA) is 66.5 Å². The number of benzene rings is 2. The molecule has 0 unspecified atom stereocenters. The first-order valence-corrected chi connectivity index (χ1v) is 9.01. The van der Waals surface area contributed by atoms with Gasteiger partial charge in [-0.25, -0.2) is 21.5 Å². The van der Waals surface area contributed by atoms with Crippen molar-refractivity contribution < 1.29 is 22.0 Å². The Kier molecular flexibility index (Phi) is 6.22. The van der Waals surface area contributed by atoms with E-state index in [1.807, 2.05) is 0 Å². The summed E-state index contributed by atoms with van der Waals surface area (Å²) in [6, 6.07) is 11.1. The van der Waals surface area contributed by atoms with E-state index in [-0.39, 0.29) is 30.0 Å². The molecule has 2 rings (SSSR count). The van der Waals surface area contributed by atoms with Crippen molar-refractivity contribution in [3.05, 3.63) is 60.2 Å². The van der Waals surface area contributed by atoms with E-state index >= 15 is 0 Å². The van der Waals surface area contributed by atoms with Gasteiger partial charge >= 0.3 is 0 Å². The Balaban J connectivity index is 1.85. The molecule has 0 fully saturated rings. The molecule has 0 aliphatic rings. The van der Waals surface area contributed by atoms with Crippen LogP contribution in [0.25, 0.3) is 0 Å². The van der Waals surface area contributed by atoms with Gasteiger partial charge in [-0.1, -0.05) is 18.2 Å². The predicted octanol–water partition coefficient (Wildman–Crippen LogP) is 3.00. The molecule has 0 radical (unpaired) electrons. The number of hydrogen-bond acceptors (Lipinski definition) is 3. The molecule has 25 heavy (non-hydrogen) atoms. The van der Waals surface area contributed by atoms with Crippen molar-refractivity contribution in [3.8, 4) is 0 Å². The summed E-state index contributed by atoms with van der Waals surface area (Å²) in [5, 5.41) is 2.44. The number of hydrogen-bond donors (Lipinski definition) is 1.